The zero-order chi connectivity index (χ0) is 8.65. The van der Waals surface area contributed by atoms with Gasteiger partial charge in [-0.2, -0.15) is 0 Å². The number of carbonyl (C=O) groups is 1. The largest absolute Gasteiger partial charge is 0.299 e. The molecule has 1 fully saturated rings. The average molecular weight is 154 g/mol. The highest BCUT2D eigenvalue weighted by atomic mass is 16.1. The van der Waals surface area contributed by atoms with Crippen molar-refractivity contribution in [1.82, 2.24) is 0 Å². The van der Waals surface area contributed by atoms with Crippen LogP contribution in [0.5, 0.6) is 0 Å². The Morgan fingerprint density at radius 1 is 1.45 bits per heavy atom. The van der Waals surface area contributed by atoms with Crippen LogP contribution in [0.2, 0.25) is 0 Å². The maximum atomic E-state index is 10.9. The molecule has 0 aliphatic heterocycles. The fraction of sp³-hybridized carbons (Fsp3) is 0.900. The Kier molecular flexibility index (Phi) is 2.08. The molecular formula is C10H18O. The van der Waals surface area contributed by atoms with Gasteiger partial charge >= 0.3 is 0 Å². The number of rotatable bonds is 1. The molecule has 0 aromatic heterocycles. The van der Waals surface area contributed by atoms with E-state index in [2.05, 4.69) is 27.7 Å². The Morgan fingerprint density at radius 2 is 2.00 bits per heavy atom. The van der Waals surface area contributed by atoms with Crippen molar-refractivity contribution in [2.45, 2.75) is 40.5 Å². The summed E-state index contributed by atoms with van der Waals surface area (Å²) in [5.41, 5.74) is 0.389. The first-order valence-corrected chi connectivity index (χ1v) is 4.43. The summed E-state index contributed by atoms with van der Waals surface area (Å²) < 4.78 is 0. The number of hydrogen-bond donors (Lipinski definition) is 0. The van der Waals surface area contributed by atoms with Crippen molar-refractivity contribution in [3.8, 4) is 0 Å². The van der Waals surface area contributed by atoms with Crippen molar-refractivity contribution >= 4 is 5.78 Å². The van der Waals surface area contributed by atoms with Crippen molar-refractivity contribution in [3.63, 3.8) is 0 Å². The predicted molar refractivity (Wildman–Crippen MR) is 46.4 cm³/mol. The molecule has 64 valence electrons. The zero-order valence-corrected chi connectivity index (χ0v) is 7.98. The Labute approximate surface area is 69.2 Å². The molecule has 0 spiro atoms. The van der Waals surface area contributed by atoms with E-state index in [4.69, 9.17) is 0 Å². The Hall–Kier alpha value is -0.330. The SMILES string of the molecule is C[C@H]1C(=O)C[C@@H]1CC(C)(C)C. The van der Waals surface area contributed by atoms with Gasteiger partial charge in [0.2, 0.25) is 0 Å². The minimum Gasteiger partial charge on any atom is -0.299 e. The van der Waals surface area contributed by atoms with Crippen LogP contribution < -0.4 is 0 Å². The molecule has 0 N–H and O–H groups in total. The quantitative estimate of drug-likeness (QED) is 0.567. The first-order chi connectivity index (χ1) is 4.90. The summed E-state index contributed by atoms with van der Waals surface area (Å²) in [5.74, 6) is 1.47. The molecule has 1 saturated carbocycles. The monoisotopic (exact) mass is 154 g/mol. The Morgan fingerprint density at radius 3 is 2.27 bits per heavy atom. The van der Waals surface area contributed by atoms with E-state index >= 15 is 0 Å². The first kappa shape index (κ1) is 8.76. The molecule has 1 nitrogen and oxygen atoms in total. The normalized spacial score (nSPS) is 31.8. The molecule has 0 aromatic rings. The van der Waals surface area contributed by atoms with E-state index in [1.165, 1.54) is 6.42 Å². The van der Waals surface area contributed by atoms with Gasteiger partial charge in [0.1, 0.15) is 5.78 Å². The van der Waals surface area contributed by atoms with E-state index in [1.54, 1.807) is 0 Å². The van der Waals surface area contributed by atoms with Crippen LogP contribution in [0.25, 0.3) is 0 Å². The van der Waals surface area contributed by atoms with Crippen LogP contribution in [0.1, 0.15) is 40.5 Å². The Balaban J connectivity index is 2.36. The van der Waals surface area contributed by atoms with Crippen molar-refractivity contribution in [2.24, 2.45) is 17.3 Å². The van der Waals surface area contributed by atoms with E-state index in [1.807, 2.05) is 0 Å². The van der Waals surface area contributed by atoms with Gasteiger partial charge in [-0.15, -0.1) is 0 Å². The highest BCUT2D eigenvalue weighted by Crippen LogP contribution is 2.38. The lowest BCUT2D eigenvalue weighted by Gasteiger charge is -2.36. The first-order valence-electron chi connectivity index (χ1n) is 4.43. The third kappa shape index (κ3) is 2.05. The molecule has 0 unspecified atom stereocenters. The second-order valence-corrected chi connectivity index (χ2v) is 4.98. The van der Waals surface area contributed by atoms with Crippen molar-refractivity contribution in [2.75, 3.05) is 0 Å². The van der Waals surface area contributed by atoms with Crippen LogP contribution in [0.3, 0.4) is 0 Å². The summed E-state index contributed by atoms with van der Waals surface area (Å²) in [6.45, 7) is 8.77. The van der Waals surface area contributed by atoms with Crippen LogP contribution in [0.4, 0.5) is 0 Å². The average Bonchev–Trinajstić information content (AvgIpc) is 1.84. The summed E-state index contributed by atoms with van der Waals surface area (Å²) in [6.07, 6.45) is 2.03. The van der Waals surface area contributed by atoms with Crippen LogP contribution in [0.15, 0.2) is 0 Å². The minimum atomic E-state index is 0.342. The number of carbonyl (C=O) groups excluding carboxylic acids is 1. The van der Waals surface area contributed by atoms with Crippen LogP contribution in [-0.4, -0.2) is 5.78 Å². The Bertz CT molecular complexity index is 164. The number of Topliss-reactive ketones (excluding diaryl/α,β-unsaturated/α-hetero) is 1. The van der Waals surface area contributed by atoms with Gasteiger partial charge in [0, 0.05) is 12.3 Å². The lowest BCUT2D eigenvalue weighted by molar-refractivity contribution is -0.134. The zero-order valence-electron chi connectivity index (χ0n) is 7.98. The predicted octanol–water partition coefficient (Wildman–Crippen LogP) is 2.65. The summed E-state index contributed by atoms with van der Waals surface area (Å²) in [7, 11) is 0. The van der Waals surface area contributed by atoms with Gasteiger partial charge in [-0.3, -0.25) is 4.79 Å². The molecule has 1 heteroatoms. The fourth-order valence-electron chi connectivity index (χ4n) is 1.76. The van der Waals surface area contributed by atoms with E-state index in [-0.39, 0.29) is 0 Å². The second-order valence-electron chi connectivity index (χ2n) is 4.98. The summed E-state index contributed by atoms with van der Waals surface area (Å²) in [4.78, 5) is 10.9. The maximum absolute atomic E-state index is 10.9. The van der Waals surface area contributed by atoms with Crippen LogP contribution in [0, 0.1) is 17.3 Å². The molecule has 0 radical (unpaired) electrons. The van der Waals surface area contributed by atoms with Gasteiger partial charge in [0.15, 0.2) is 0 Å². The lowest BCUT2D eigenvalue weighted by atomic mass is 9.67. The minimum absolute atomic E-state index is 0.342. The standard InChI is InChI=1S/C10H18O/c1-7-8(5-9(7)11)6-10(2,3)4/h7-8H,5-6H2,1-4H3/t7-,8-/m1/s1. The molecule has 0 heterocycles. The summed E-state index contributed by atoms with van der Waals surface area (Å²) >= 11 is 0. The van der Waals surface area contributed by atoms with Crippen molar-refractivity contribution in [3.05, 3.63) is 0 Å². The van der Waals surface area contributed by atoms with Crippen molar-refractivity contribution in [1.29, 1.82) is 0 Å². The second kappa shape index (κ2) is 2.62. The molecule has 11 heavy (non-hydrogen) atoms. The van der Waals surface area contributed by atoms with Crippen LogP contribution in [-0.2, 0) is 4.79 Å². The molecule has 0 amide bonds. The molecule has 1 aliphatic carbocycles. The third-order valence-electron chi connectivity index (χ3n) is 2.55. The van der Waals surface area contributed by atoms with Crippen LogP contribution >= 0.6 is 0 Å². The van der Waals surface area contributed by atoms with Gasteiger partial charge in [0.05, 0.1) is 0 Å². The number of hydrogen-bond acceptors (Lipinski definition) is 1. The van der Waals surface area contributed by atoms with Gasteiger partial charge in [0.25, 0.3) is 0 Å². The third-order valence-corrected chi connectivity index (χ3v) is 2.55. The van der Waals surface area contributed by atoms with Crippen molar-refractivity contribution < 1.29 is 4.79 Å². The summed E-state index contributed by atoms with van der Waals surface area (Å²) in [5, 5.41) is 0. The molecule has 0 saturated heterocycles. The number of ketones is 1. The maximum Gasteiger partial charge on any atom is 0.136 e. The van der Waals surface area contributed by atoms with E-state index in [0.717, 1.165) is 6.42 Å². The van der Waals surface area contributed by atoms with Gasteiger partial charge in [-0.25, -0.2) is 0 Å². The smallest absolute Gasteiger partial charge is 0.136 e. The molecular weight excluding hydrogens is 136 g/mol. The van der Waals surface area contributed by atoms with E-state index in [9.17, 15) is 4.79 Å². The molecule has 2 atom stereocenters. The summed E-state index contributed by atoms with van der Waals surface area (Å²) in [6, 6.07) is 0. The lowest BCUT2D eigenvalue weighted by Crippen LogP contribution is -2.37. The van der Waals surface area contributed by atoms with E-state index < -0.39 is 0 Å². The molecule has 1 aliphatic rings. The highest BCUT2D eigenvalue weighted by molar-refractivity contribution is 5.86. The molecule has 0 bridgehead atoms. The topological polar surface area (TPSA) is 17.1 Å². The highest BCUT2D eigenvalue weighted by Gasteiger charge is 2.37. The van der Waals surface area contributed by atoms with E-state index in [0.29, 0.717) is 23.0 Å². The molecule has 0 aromatic carbocycles. The fourth-order valence-corrected chi connectivity index (χ4v) is 1.76. The van der Waals surface area contributed by atoms with Gasteiger partial charge in [-0.1, -0.05) is 27.7 Å². The van der Waals surface area contributed by atoms with Gasteiger partial charge < -0.3 is 0 Å². The van der Waals surface area contributed by atoms with Gasteiger partial charge in [-0.05, 0) is 17.8 Å². The molecule has 1 rings (SSSR count).